The number of rotatable bonds is 7. The van der Waals surface area contributed by atoms with Crippen LogP contribution in [0.5, 0.6) is 11.5 Å². The van der Waals surface area contributed by atoms with Crippen LogP contribution in [0.3, 0.4) is 0 Å². The Morgan fingerprint density at radius 2 is 1.73 bits per heavy atom. The van der Waals surface area contributed by atoms with Gasteiger partial charge in [-0.25, -0.2) is 0 Å². The molecule has 6 heteroatoms. The predicted molar refractivity (Wildman–Crippen MR) is 120 cm³/mol. The van der Waals surface area contributed by atoms with Crippen LogP contribution in [0.25, 0.3) is 0 Å². The fourth-order valence-corrected chi connectivity index (χ4v) is 3.65. The van der Waals surface area contributed by atoms with Crippen LogP contribution in [-0.2, 0) is 11.3 Å². The highest BCUT2D eigenvalue weighted by Gasteiger charge is 2.18. The minimum atomic E-state index is -0.600. The van der Waals surface area contributed by atoms with Crippen LogP contribution >= 0.6 is 11.6 Å². The van der Waals surface area contributed by atoms with Crippen molar-refractivity contribution in [2.45, 2.75) is 52.4 Å². The Labute approximate surface area is 184 Å². The van der Waals surface area contributed by atoms with Crippen molar-refractivity contribution in [3.8, 4) is 11.5 Å². The van der Waals surface area contributed by atoms with Crippen molar-refractivity contribution < 1.29 is 14.3 Å². The number of piperidine rings is 1. The van der Waals surface area contributed by atoms with Gasteiger partial charge < -0.3 is 19.7 Å². The zero-order valence-corrected chi connectivity index (χ0v) is 19.0. The average molecular weight is 431 g/mol. The maximum atomic E-state index is 12.4. The second kappa shape index (κ2) is 10.2. The second-order valence-electron chi connectivity index (χ2n) is 8.11. The van der Waals surface area contributed by atoms with Crippen LogP contribution in [0.1, 0.15) is 36.5 Å². The van der Waals surface area contributed by atoms with E-state index in [0.717, 1.165) is 53.4 Å². The SMILES string of the molecule is Cc1cc(O[C@H](C)C(=O)NCc2ccc(OC3CCN(C)CC3)cc2)cc(C)c1Cl. The maximum absolute atomic E-state index is 12.4. The van der Waals surface area contributed by atoms with Crippen LogP contribution in [0.4, 0.5) is 0 Å². The first-order valence-electron chi connectivity index (χ1n) is 10.5. The summed E-state index contributed by atoms with van der Waals surface area (Å²) in [5, 5.41) is 3.65. The quantitative estimate of drug-likeness (QED) is 0.702. The van der Waals surface area contributed by atoms with Crippen molar-refractivity contribution in [1.29, 1.82) is 0 Å². The van der Waals surface area contributed by atoms with E-state index in [9.17, 15) is 4.79 Å². The van der Waals surface area contributed by atoms with Crippen LogP contribution in [0, 0.1) is 13.8 Å². The lowest BCUT2D eigenvalue weighted by Crippen LogP contribution is -2.36. The standard InChI is InChI=1S/C24H31ClN2O3/c1-16-13-22(14-17(2)23(16)25)29-18(3)24(28)26-15-19-5-7-20(8-6-19)30-21-9-11-27(4)12-10-21/h5-8,13-14,18,21H,9-12,15H2,1-4H3,(H,26,28)/t18-/m1/s1. The van der Waals surface area contributed by atoms with Gasteiger partial charge in [0, 0.05) is 24.7 Å². The Hall–Kier alpha value is -2.24. The van der Waals surface area contributed by atoms with Gasteiger partial charge in [-0.05, 0) is 81.6 Å². The van der Waals surface area contributed by atoms with E-state index in [1.165, 1.54) is 0 Å². The molecule has 162 valence electrons. The normalized spacial score (nSPS) is 16.2. The highest BCUT2D eigenvalue weighted by atomic mass is 35.5. The fraction of sp³-hybridized carbons (Fsp3) is 0.458. The Kier molecular flexibility index (Phi) is 7.62. The van der Waals surface area contributed by atoms with Gasteiger partial charge in [0.25, 0.3) is 5.91 Å². The van der Waals surface area contributed by atoms with Crippen molar-refractivity contribution >= 4 is 17.5 Å². The molecule has 0 aromatic heterocycles. The molecule has 1 fully saturated rings. The van der Waals surface area contributed by atoms with Gasteiger partial charge in [-0.15, -0.1) is 0 Å². The second-order valence-corrected chi connectivity index (χ2v) is 8.49. The summed E-state index contributed by atoms with van der Waals surface area (Å²) in [5.41, 5.74) is 2.88. The van der Waals surface area contributed by atoms with Crippen LogP contribution in [0.15, 0.2) is 36.4 Å². The number of ether oxygens (including phenoxy) is 2. The number of benzene rings is 2. The number of carbonyl (C=O) groups is 1. The van der Waals surface area contributed by atoms with Gasteiger partial charge in [-0.3, -0.25) is 4.79 Å². The summed E-state index contributed by atoms with van der Waals surface area (Å²) in [6.45, 7) is 8.18. The number of nitrogens with zero attached hydrogens (tertiary/aromatic N) is 1. The zero-order chi connectivity index (χ0) is 21.7. The molecule has 1 aliphatic heterocycles. The Balaban J connectivity index is 1.47. The van der Waals surface area contributed by atoms with E-state index in [-0.39, 0.29) is 12.0 Å². The van der Waals surface area contributed by atoms with E-state index in [1.807, 2.05) is 50.2 Å². The van der Waals surface area contributed by atoms with Gasteiger partial charge in [0.15, 0.2) is 6.10 Å². The summed E-state index contributed by atoms with van der Waals surface area (Å²) < 4.78 is 11.9. The third kappa shape index (κ3) is 6.13. The summed E-state index contributed by atoms with van der Waals surface area (Å²) in [4.78, 5) is 14.7. The molecule has 5 nitrogen and oxygen atoms in total. The molecule has 0 radical (unpaired) electrons. The number of likely N-dealkylation sites (tertiary alicyclic amines) is 1. The molecule has 0 bridgehead atoms. The monoisotopic (exact) mass is 430 g/mol. The molecular formula is C24H31ClN2O3. The highest BCUT2D eigenvalue weighted by molar-refractivity contribution is 6.32. The van der Waals surface area contributed by atoms with Crippen molar-refractivity contribution in [1.82, 2.24) is 10.2 Å². The third-order valence-electron chi connectivity index (χ3n) is 5.45. The summed E-state index contributed by atoms with van der Waals surface area (Å²) in [6.07, 6.45) is 1.79. The molecule has 30 heavy (non-hydrogen) atoms. The Morgan fingerprint density at radius 1 is 1.13 bits per heavy atom. The summed E-state index contributed by atoms with van der Waals surface area (Å²) in [5.74, 6) is 1.36. The lowest BCUT2D eigenvalue weighted by atomic mass is 10.1. The molecule has 0 spiro atoms. The summed E-state index contributed by atoms with van der Waals surface area (Å²) >= 11 is 6.19. The fourth-order valence-electron chi connectivity index (χ4n) is 3.55. The number of amides is 1. The van der Waals surface area contributed by atoms with E-state index < -0.39 is 6.10 Å². The maximum Gasteiger partial charge on any atom is 0.261 e. The molecule has 1 atom stereocenters. The molecule has 0 aliphatic carbocycles. The van der Waals surface area contributed by atoms with Gasteiger partial charge in [-0.2, -0.15) is 0 Å². The third-order valence-corrected chi connectivity index (χ3v) is 6.05. The number of hydrogen-bond donors (Lipinski definition) is 1. The minimum absolute atomic E-state index is 0.160. The van der Waals surface area contributed by atoms with Crippen molar-refractivity contribution in [2.24, 2.45) is 0 Å². The first-order valence-corrected chi connectivity index (χ1v) is 10.8. The highest BCUT2D eigenvalue weighted by Crippen LogP contribution is 2.26. The first-order chi connectivity index (χ1) is 14.3. The first kappa shape index (κ1) is 22.4. The topological polar surface area (TPSA) is 50.8 Å². The zero-order valence-electron chi connectivity index (χ0n) is 18.2. The van der Waals surface area contributed by atoms with Crippen LogP contribution in [0.2, 0.25) is 5.02 Å². The minimum Gasteiger partial charge on any atom is -0.490 e. The molecule has 1 amide bonds. The molecule has 1 N–H and O–H groups in total. The van der Waals surface area contributed by atoms with Gasteiger partial charge in [0.1, 0.15) is 17.6 Å². The molecule has 2 aromatic rings. The smallest absolute Gasteiger partial charge is 0.261 e. The largest absolute Gasteiger partial charge is 0.490 e. The molecular weight excluding hydrogens is 400 g/mol. The van der Waals surface area contributed by atoms with Crippen molar-refractivity contribution in [3.05, 3.63) is 58.1 Å². The average Bonchev–Trinajstić information content (AvgIpc) is 2.72. The molecule has 0 saturated carbocycles. The predicted octanol–water partition coefficient (Wildman–Crippen LogP) is 4.51. The van der Waals surface area contributed by atoms with E-state index >= 15 is 0 Å². The van der Waals surface area contributed by atoms with Crippen LogP contribution in [-0.4, -0.2) is 43.2 Å². The Bertz CT molecular complexity index is 838. The number of nitrogens with one attached hydrogen (secondary N) is 1. The Morgan fingerprint density at radius 3 is 2.33 bits per heavy atom. The van der Waals surface area contributed by atoms with E-state index in [4.69, 9.17) is 21.1 Å². The summed E-state index contributed by atoms with van der Waals surface area (Å²) in [7, 11) is 2.14. The van der Waals surface area contributed by atoms with Crippen LogP contribution < -0.4 is 14.8 Å². The van der Waals surface area contributed by atoms with Gasteiger partial charge in [-0.1, -0.05) is 23.7 Å². The van der Waals surface area contributed by atoms with Gasteiger partial charge in [0.2, 0.25) is 0 Å². The van der Waals surface area contributed by atoms with E-state index in [1.54, 1.807) is 6.92 Å². The molecule has 1 aliphatic rings. The number of halogens is 1. The van der Waals surface area contributed by atoms with Crippen molar-refractivity contribution in [3.63, 3.8) is 0 Å². The molecule has 1 saturated heterocycles. The van der Waals surface area contributed by atoms with E-state index in [0.29, 0.717) is 12.3 Å². The molecule has 1 heterocycles. The lowest BCUT2D eigenvalue weighted by molar-refractivity contribution is -0.127. The van der Waals surface area contributed by atoms with E-state index in [2.05, 4.69) is 17.3 Å². The number of aryl methyl sites for hydroxylation is 2. The number of carbonyl (C=O) groups excluding carboxylic acids is 1. The van der Waals surface area contributed by atoms with Gasteiger partial charge >= 0.3 is 0 Å². The molecule has 0 unspecified atom stereocenters. The molecule has 3 rings (SSSR count). The van der Waals surface area contributed by atoms with Crippen molar-refractivity contribution in [2.75, 3.05) is 20.1 Å². The lowest BCUT2D eigenvalue weighted by Gasteiger charge is -2.29. The number of hydrogen-bond acceptors (Lipinski definition) is 4. The summed E-state index contributed by atoms with van der Waals surface area (Å²) in [6, 6.07) is 11.6. The molecule has 2 aromatic carbocycles. The van der Waals surface area contributed by atoms with Gasteiger partial charge in [0.05, 0.1) is 0 Å².